The highest BCUT2D eigenvalue weighted by Gasteiger charge is 2.29. The summed E-state index contributed by atoms with van der Waals surface area (Å²) in [6.07, 6.45) is 0. The lowest BCUT2D eigenvalue weighted by atomic mass is 9.87. The van der Waals surface area contributed by atoms with Gasteiger partial charge < -0.3 is 9.64 Å². The minimum Gasteiger partial charge on any atom is -0.461 e. The molecule has 0 saturated heterocycles. The topological polar surface area (TPSA) is 59.5 Å². The van der Waals surface area contributed by atoms with Crippen molar-refractivity contribution in [1.29, 1.82) is 0 Å². The summed E-state index contributed by atoms with van der Waals surface area (Å²) in [5.41, 5.74) is 0.265. The molecule has 112 valence electrons. The Morgan fingerprint density at radius 1 is 1.45 bits per heavy atom. The molecule has 0 spiro atoms. The van der Waals surface area contributed by atoms with Crippen LogP contribution in [0.15, 0.2) is 5.38 Å². The van der Waals surface area contributed by atoms with Gasteiger partial charge in [-0.3, -0.25) is 4.79 Å². The van der Waals surface area contributed by atoms with Crippen molar-refractivity contribution in [2.24, 2.45) is 5.41 Å². The number of carbonyl (C=O) groups is 2. The van der Waals surface area contributed by atoms with Gasteiger partial charge in [-0.25, -0.2) is 9.78 Å². The molecule has 0 aromatic carbocycles. The number of ether oxygens (including phenoxy) is 1. The van der Waals surface area contributed by atoms with E-state index in [4.69, 9.17) is 4.74 Å². The first kappa shape index (κ1) is 16.6. The van der Waals surface area contributed by atoms with E-state index in [0.29, 0.717) is 6.61 Å². The Balaban J connectivity index is 2.86. The summed E-state index contributed by atoms with van der Waals surface area (Å²) >= 11 is 1.13. The minimum atomic E-state index is -0.483. The van der Waals surface area contributed by atoms with Crippen LogP contribution in [0.25, 0.3) is 0 Å². The van der Waals surface area contributed by atoms with Crippen molar-refractivity contribution in [3.05, 3.63) is 16.1 Å². The maximum Gasteiger partial charge on any atom is 0.367 e. The van der Waals surface area contributed by atoms with Crippen LogP contribution in [0.3, 0.4) is 0 Å². The van der Waals surface area contributed by atoms with Gasteiger partial charge in [0.15, 0.2) is 0 Å². The Hall–Kier alpha value is -1.43. The largest absolute Gasteiger partial charge is 0.461 e. The van der Waals surface area contributed by atoms with Crippen LogP contribution >= 0.6 is 11.3 Å². The van der Waals surface area contributed by atoms with Crippen molar-refractivity contribution in [2.75, 3.05) is 13.7 Å². The van der Waals surface area contributed by atoms with Crippen molar-refractivity contribution in [3.8, 4) is 0 Å². The fourth-order valence-electron chi connectivity index (χ4n) is 1.60. The molecule has 1 aromatic rings. The van der Waals surface area contributed by atoms with E-state index in [0.717, 1.165) is 11.3 Å². The lowest BCUT2D eigenvalue weighted by Crippen LogP contribution is -2.43. The molecule has 0 aliphatic rings. The van der Waals surface area contributed by atoms with E-state index in [1.54, 1.807) is 24.3 Å². The Bertz CT molecular complexity index is 491. The maximum atomic E-state index is 12.3. The average molecular weight is 298 g/mol. The summed E-state index contributed by atoms with van der Waals surface area (Å²) in [6.45, 7) is 10.3. The SMILES string of the molecule is CCOC(=O)c1nc(C(=O)N(C)C(C)C(C)(C)C)cs1. The predicted molar refractivity (Wildman–Crippen MR) is 79.1 cm³/mol. The molecule has 6 heteroatoms. The van der Waals surface area contributed by atoms with E-state index in [1.165, 1.54) is 0 Å². The summed E-state index contributed by atoms with van der Waals surface area (Å²) < 4.78 is 4.87. The van der Waals surface area contributed by atoms with Crippen molar-refractivity contribution < 1.29 is 14.3 Å². The second-order valence-electron chi connectivity index (χ2n) is 5.72. The first-order chi connectivity index (χ1) is 9.18. The molecule has 0 radical (unpaired) electrons. The Labute approximate surface area is 124 Å². The quantitative estimate of drug-likeness (QED) is 0.802. The second kappa shape index (κ2) is 6.35. The summed E-state index contributed by atoms with van der Waals surface area (Å²) in [4.78, 5) is 29.6. The zero-order valence-electron chi connectivity index (χ0n) is 12.9. The number of nitrogens with zero attached hydrogens (tertiary/aromatic N) is 2. The Kier molecular flexibility index (Phi) is 5.28. The summed E-state index contributed by atoms with van der Waals surface area (Å²) in [5.74, 6) is -0.665. The number of aromatic nitrogens is 1. The summed E-state index contributed by atoms with van der Waals surface area (Å²) in [5, 5.41) is 1.81. The standard InChI is InChI=1S/C14H22N2O3S/c1-7-19-13(18)11-15-10(8-20-11)12(17)16(6)9(2)14(3,4)5/h8-9H,7H2,1-6H3. The van der Waals surface area contributed by atoms with E-state index in [1.807, 2.05) is 6.92 Å². The lowest BCUT2D eigenvalue weighted by molar-refractivity contribution is 0.0525. The van der Waals surface area contributed by atoms with Crippen molar-refractivity contribution in [3.63, 3.8) is 0 Å². The molecule has 0 saturated carbocycles. The van der Waals surface area contributed by atoms with Crippen LogP contribution < -0.4 is 0 Å². The van der Waals surface area contributed by atoms with Crippen LogP contribution in [0, 0.1) is 5.41 Å². The molecule has 20 heavy (non-hydrogen) atoms. The van der Waals surface area contributed by atoms with Gasteiger partial charge in [-0.05, 0) is 19.3 Å². The molecule has 0 bridgehead atoms. The summed E-state index contributed by atoms with van der Waals surface area (Å²) in [7, 11) is 1.75. The first-order valence-corrected chi connectivity index (χ1v) is 7.46. The molecule has 0 aliphatic carbocycles. The van der Waals surface area contributed by atoms with Gasteiger partial charge in [-0.1, -0.05) is 20.8 Å². The molecule has 1 amide bonds. The van der Waals surface area contributed by atoms with Gasteiger partial charge in [0.05, 0.1) is 6.61 Å². The first-order valence-electron chi connectivity index (χ1n) is 6.58. The molecule has 0 fully saturated rings. The van der Waals surface area contributed by atoms with E-state index in [-0.39, 0.29) is 28.1 Å². The van der Waals surface area contributed by atoms with Gasteiger partial charge in [0.25, 0.3) is 5.91 Å². The van der Waals surface area contributed by atoms with Gasteiger partial charge in [0, 0.05) is 18.5 Å². The third-order valence-electron chi connectivity index (χ3n) is 3.33. The monoisotopic (exact) mass is 298 g/mol. The second-order valence-corrected chi connectivity index (χ2v) is 6.57. The molecule has 0 aliphatic heterocycles. The predicted octanol–water partition coefficient (Wildman–Crippen LogP) is 2.83. The number of rotatable bonds is 4. The molecular weight excluding hydrogens is 276 g/mol. The minimum absolute atomic E-state index is 0.0234. The van der Waals surface area contributed by atoms with Crippen LogP contribution in [-0.4, -0.2) is 41.5 Å². The number of hydrogen-bond donors (Lipinski definition) is 0. The van der Waals surface area contributed by atoms with Crippen LogP contribution in [0.4, 0.5) is 0 Å². The fourth-order valence-corrected chi connectivity index (χ4v) is 2.28. The zero-order chi connectivity index (χ0) is 15.5. The van der Waals surface area contributed by atoms with Crippen molar-refractivity contribution in [2.45, 2.75) is 40.7 Å². The Morgan fingerprint density at radius 3 is 2.55 bits per heavy atom. The molecular formula is C14H22N2O3S. The smallest absolute Gasteiger partial charge is 0.367 e. The third kappa shape index (κ3) is 3.79. The van der Waals surface area contributed by atoms with Crippen LogP contribution in [-0.2, 0) is 4.74 Å². The molecule has 1 heterocycles. The average Bonchev–Trinajstić information content (AvgIpc) is 2.84. The highest BCUT2D eigenvalue weighted by atomic mass is 32.1. The molecule has 1 atom stereocenters. The van der Waals surface area contributed by atoms with E-state index >= 15 is 0 Å². The van der Waals surface area contributed by atoms with Crippen molar-refractivity contribution in [1.82, 2.24) is 9.88 Å². The zero-order valence-corrected chi connectivity index (χ0v) is 13.7. The van der Waals surface area contributed by atoms with E-state index in [9.17, 15) is 9.59 Å². The molecule has 5 nitrogen and oxygen atoms in total. The highest BCUT2D eigenvalue weighted by Crippen LogP contribution is 2.24. The van der Waals surface area contributed by atoms with Gasteiger partial charge in [0.1, 0.15) is 5.69 Å². The number of thiazole rings is 1. The van der Waals surface area contributed by atoms with Crippen molar-refractivity contribution >= 4 is 23.2 Å². The molecule has 0 N–H and O–H groups in total. The molecule has 1 rings (SSSR count). The van der Waals surface area contributed by atoms with E-state index < -0.39 is 5.97 Å². The van der Waals surface area contributed by atoms with Crippen LogP contribution in [0.2, 0.25) is 0 Å². The highest BCUT2D eigenvalue weighted by molar-refractivity contribution is 7.11. The summed E-state index contributed by atoms with van der Waals surface area (Å²) in [6, 6.07) is 0.0581. The van der Waals surface area contributed by atoms with Gasteiger partial charge in [-0.15, -0.1) is 11.3 Å². The number of esters is 1. The van der Waals surface area contributed by atoms with Gasteiger partial charge in [-0.2, -0.15) is 0 Å². The molecule has 1 aromatic heterocycles. The number of carbonyl (C=O) groups excluding carboxylic acids is 2. The number of amides is 1. The lowest BCUT2D eigenvalue weighted by Gasteiger charge is -2.35. The maximum absolute atomic E-state index is 12.3. The van der Waals surface area contributed by atoms with Gasteiger partial charge in [0.2, 0.25) is 5.01 Å². The molecule has 1 unspecified atom stereocenters. The fraction of sp³-hybridized carbons (Fsp3) is 0.643. The number of hydrogen-bond acceptors (Lipinski definition) is 5. The van der Waals surface area contributed by atoms with Crippen LogP contribution in [0.1, 0.15) is 54.9 Å². The van der Waals surface area contributed by atoms with E-state index in [2.05, 4.69) is 25.8 Å². The normalized spacial score (nSPS) is 12.9. The Morgan fingerprint density at radius 2 is 2.05 bits per heavy atom. The van der Waals surface area contributed by atoms with Gasteiger partial charge >= 0.3 is 5.97 Å². The third-order valence-corrected chi connectivity index (χ3v) is 4.15. The van der Waals surface area contributed by atoms with Crippen LogP contribution in [0.5, 0.6) is 0 Å².